The first-order valence-electron chi connectivity index (χ1n) is 5.06. The highest BCUT2D eigenvalue weighted by atomic mass is 16.5. The van der Waals surface area contributed by atoms with Crippen molar-refractivity contribution in [1.82, 2.24) is 0 Å². The first-order chi connectivity index (χ1) is 7.85. The third-order valence-corrected chi connectivity index (χ3v) is 2.21. The normalized spacial score (nSPS) is 9.75. The Hall–Kier alpha value is -2.21. The van der Waals surface area contributed by atoms with Gasteiger partial charge in [0.05, 0.1) is 18.4 Å². The number of furan rings is 1. The average Bonchev–Trinajstić information content (AvgIpc) is 2.83. The molecular weight excluding hydrogens is 202 g/mol. The smallest absolute Gasteiger partial charge is 0.137 e. The summed E-state index contributed by atoms with van der Waals surface area (Å²) < 4.78 is 10.6. The number of hydrogen-bond donors (Lipinski definition) is 0. The quantitative estimate of drug-likeness (QED) is 0.786. The molecule has 0 fully saturated rings. The molecule has 1 aromatic carbocycles. The van der Waals surface area contributed by atoms with Crippen LogP contribution in [0.5, 0.6) is 5.75 Å². The fourth-order valence-electron chi connectivity index (χ4n) is 1.49. The fraction of sp³-hybridized carbons (Fsp3) is 0.154. The topological polar surface area (TPSA) is 46.2 Å². The zero-order valence-corrected chi connectivity index (χ0v) is 8.93. The first-order valence-corrected chi connectivity index (χ1v) is 5.06. The first kappa shape index (κ1) is 10.3. The average molecular weight is 213 g/mol. The second-order valence-electron chi connectivity index (χ2n) is 3.23. The van der Waals surface area contributed by atoms with Crippen molar-refractivity contribution in [2.24, 2.45) is 0 Å². The lowest BCUT2D eigenvalue weighted by Crippen LogP contribution is -1.94. The number of benzene rings is 1. The molecule has 0 spiro atoms. The Morgan fingerprint density at radius 2 is 2.25 bits per heavy atom. The molecule has 16 heavy (non-hydrogen) atoms. The van der Waals surface area contributed by atoms with Gasteiger partial charge in [0.15, 0.2) is 0 Å². The van der Waals surface area contributed by atoms with E-state index in [-0.39, 0.29) is 0 Å². The maximum Gasteiger partial charge on any atom is 0.137 e. The lowest BCUT2D eigenvalue weighted by molar-refractivity contribution is 0.339. The Balaban J connectivity index is 2.42. The molecule has 1 heterocycles. The van der Waals surface area contributed by atoms with Crippen LogP contribution in [0.4, 0.5) is 0 Å². The van der Waals surface area contributed by atoms with Crippen LogP contribution in [-0.2, 0) is 0 Å². The Labute approximate surface area is 93.9 Å². The second kappa shape index (κ2) is 4.54. The van der Waals surface area contributed by atoms with E-state index < -0.39 is 0 Å². The van der Waals surface area contributed by atoms with Crippen LogP contribution in [0.15, 0.2) is 41.0 Å². The van der Waals surface area contributed by atoms with E-state index >= 15 is 0 Å². The van der Waals surface area contributed by atoms with Crippen molar-refractivity contribution in [2.45, 2.75) is 6.92 Å². The SMILES string of the molecule is CCOc1ccc(-c2ccco2)cc1C#N. The van der Waals surface area contributed by atoms with E-state index in [0.717, 1.165) is 11.3 Å². The number of rotatable bonds is 3. The van der Waals surface area contributed by atoms with Crippen LogP contribution in [-0.4, -0.2) is 6.61 Å². The summed E-state index contributed by atoms with van der Waals surface area (Å²) in [6, 6.07) is 11.2. The molecule has 2 rings (SSSR count). The van der Waals surface area contributed by atoms with E-state index in [4.69, 9.17) is 14.4 Å². The van der Waals surface area contributed by atoms with Crippen molar-refractivity contribution < 1.29 is 9.15 Å². The van der Waals surface area contributed by atoms with Crippen LogP contribution < -0.4 is 4.74 Å². The Morgan fingerprint density at radius 3 is 2.88 bits per heavy atom. The van der Waals surface area contributed by atoms with Gasteiger partial charge in [-0.3, -0.25) is 0 Å². The molecule has 1 aromatic heterocycles. The summed E-state index contributed by atoms with van der Waals surface area (Å²) in [5, 5.41) is 9.01. The summed E-state index contributed by atoms with van der Waals surface area (Å²) in [5.74, 6) is 1.36. The molecule has 0 bridgehead atoms. The Kier molecular flexibility index (Phi) is 2.93. The van der Waals surface area contributed by atoms with Crippen LogP contribution in [0.1, 0.15) is 12.5 Å². The maximum atomic E-state index is 9.01. The molecule has 2 aromatic rings. The standard InChI is InChI=1S/C13H11NO2/c1-2-15-13-6-5-10(8-11(13)9-14)12-4-3-7-16-12/h3-8H,2H2,1H3. The molecule has 0 N–H and O–H groups in total. The summed E-state index contributed by atoms with van der Waals surface area (Å²) >= 11 is 0. The van der Waals surface area contributed by atoms with E-state index in [2.05, 4.69) is 6.07 Å². The molecule has 0 unspecified atom stereocenters. The molecule has 3 nitrogen and oxygen atoms in total. The number of nitriles is 1. The van der Waals surface area contributed by atoms with Crippen molar-refractivity contribution in [1.29, 1.82) is 5.26 Å². The van der Waals surface area contributed by atoms with Crippen LogP contribution >= 0.6 is 0 Å². The molecule has 3 heteroatoms. The van der Waals surface area contributed by atoms with Gasteiger partial charge in [-0.25, -0.2) is 0 Å². The summed E-state index contributed by atoms with van der Waals surface area (Å²) in [5.41, 5.74) is 1.40. The summed E-state index contributed by atoms with van der Waals surface area (Å²) in [7, 11) is 0. The van der Waals surface area contributed by atoms with Crippen LogP contribution in [0.3, 0.4) is 0 Å². The number of hydrogen-bond acceptors (Lipinski definition) is 3. The third-order valence-electron chi connectivity index (χ3n) is 2.21. The van der Waals surface area contributed by atoms with E-state index in [1.165, 1.54) is 0 Å². The molecule has 0 aliphatic heterocycles. The monoisotopic (exact) mass is 213 g/mol. The van der Waals surface area contributed by atoms with E-state index in [1.807, 2.05) is 25.1 Å². The lowest BCUT2D eigenvalue weighted by atomic mass is 10.1. The number of nitrogens with zero attached hydrogens (tertiary/aromatic N) is 1. The van der Waals surface area contributed by atoms with Gasteiger partial charge in [-0.05, 0) is 37.3 Å². The van der Waals surface area contributed by atoms with E-state index in [9.17, 15) is 0 Å². The van der Waals surface area contributed by atoms with Crippen LogP contribution in [0, 0.1) is 11.3 Å². The van der Waals surface area contributed by atoms with Crippen molar-refractivity contribution in [2.75, 3.05) is 6.61 Å². The molecular formula is C13H11NO2. The highest BCUT2D eigenvalue weighted by Gasteiger charge is 2.07. The van der Waals surface area contributed by atoms with Crippen LogP contribution in [0.25, 0.3) is 11.3 Å². The minimum absolute atomic E-state index is 0.524. The second-order valence-corrected chi connectivity index (χ2v) is 3.23. The third kappa shape index (κ3) is 1.91. The van der Waals surface area contributed by atoms with Crippen molar-refractivity contribution in [3.63, 3.8) is 0 Å². The summed E-state index contributed by atoms with van der Waals surface area (Å²) in [6.45, 7) is 2.44. The fourth-order valence-corrected chi connectivity index (χ4v) is 1.49. The molecule has 0 atom stereocenters. The van der Waals surface area contributed by atoms with Gasteiger partial charge in [0.1, 0.15) is 17.6 Å². The molecule has 0 aliphatic carbocycles. The minimum atomic E-state index is 0.524. The zero-order valence-electron chi connectivity index (χ0n) is 8.93. The summed E-state index contributed by atoms with van der Waals surface area (Å²) in [6.07, 6.45) is 1.61. The molecule has 0 radical (unpaired) electrons. The molecule has 0 saturated carbocycles. The van der Waals surface area contributed by atoms with Crippen molar-refractivity contribution in [3.8, 4) is 23.1 Å². The van der Waals surface area contributed by atoms with Gasteiger partial charge in [0, 0.05) is 5.56 Å². The van der Waals surface area contributed by atoms with Gasteiger partial charge in [0.25, 0.3) is 0 Å². The lowest BCUT2D eigenvalue weighted by Gasteiger charge is -2.06. The van der Waals surface area contributed by atoms with Gasteiger partial charge < -0.3 is 9.15 Å². The maximum absolute atomic E-state index is 9.01. The largest absolute Gasteiger partial charge is 0.492 e. The molecule has 0 aliphatic rings. The summed E-state index contributed by atoms with van der Waals surface area (Å²) in [4.78, 5) is 0. The van der Waals surface area contributed by atoms with Gasteiger partial charge >= 0.3 is 0 Å². The van der Waals surface area contributed by atoms with Gasteiger partial charge in [-0.1, -0.05) is 0 Å². The van der Waals surface area contributed by atoms with Crippen LogP contribution in [0.2, 0.25) is 0 Å². The van der Waals surface area contributed by atoms with Gasteiger partial charge in [-0.2, -0.15) is 5.26 Å². The van der Waals surface area contributed by atoms with Gasteiger partial charge in [0.2, 0.25) is 0 Å². The zero-order chi connectivity index (χ0) is 11.4. The van der Waals surface area contributed by atoms with E-state index in [0.29, 0.717) is 17.9 Å². The predicted molar refractivity (Wildman–Crippen MR) is 60.0 cm³/mol. The highest BCUT2D eigenvalue weighted by Crippen LogP contribution is 2.26. The Bertz CT molecular complexity index is 509. The van der Waals surface area contributed by atoms with Crippen molar-refractivity contribution >= 4 is 0 Å². The molecule has 0 saturated heterocycles. The Morgan fingerprint density at radius 1 is 1.38 bits per heavy atom. The number of ether oxygens (including phenoxy) is 1. The highest BCUT2D eigenvalue weighted by molar-refractivity contribution is 5.62. The minimum Gasteiger partial charge on any atom is -0.492 e. The van der Waals surface area contributed by atoms with E-state index in [1.54, 1.807) is 18.4 Å². The predicted octanol–water partition coefficient (Wildman–Crippen LogP) is 3.22. The van der Waals surface area contributed by atoms with Gasteiger partial charge in [-0.15, -0.1) is 0 Å². The molecule has 0 amide bonds. The molecule has 80 valence electrons. The van der Waals surface area contributed by atoms with Crippen molar-refractivity contribution in [3.05, 3.63) is 42.2 Å².